The molecule has 1 aliphatic rings. The number of carbonyl (C=O) groups excluding carboxylic acids is 2. The van der Waals surface area contributed by atoms with Gasteiger partial charge < -0.3 is 4.57 Å². The van der Waals surface area contributed by atoms with Gasteiger partial charge in [0, 0.05) is 45.2 Å². The van der Waals surface area contributed by atoms with Crippen molar-refractivity contribution in [1.82, 2.24) is 9.47 Å². The van der Waals surface area contributed by atoms with Crippen LogP contribution in [0, 0.1) is 0 Å². The van der Waals surface area contributed by atoms with Crippen LogP contribution < -0.4 is 0 Å². The zero-order chi connectivity index (χ0) is 20.5. The van der Waals surface area contributed by atoms with Crippen molar-refractivity contribution < 1.29 is 9.59 Å². The number of amides is 2. The van der Waals surface area contributed by atoms with E-state index in [-0.39, 0.29) is 11.1 Å². The zero-order valence-corrected chi connectivity index (χ0v) is 18.9. The maximum atomic E-state index is 12.6. The summed E-state index contributed by atoms with van der Waals surface area (Å²) < 4.78 is 3.11. The Bertz CT molecular complexity index is 1140. The second-order valence-corrected chi connectivity index (χ2v) is 9.18. The molecule has 1 aromatic heterocycles. The lowest BCUT2D eigenvalue weighted by atomic mass is 10.1. The predicted molar refractivity (Wildman–Crippen MR) is 123 cm³/mol. The first-order chi connectivity index (χ1) is 14.0. The van der Waals surface area contributed by atoms with E-state index in [9.17, 15) is 9.59 Å². The number of hydrogen-bond donors (Lipinski definition) is 0. The fraction of sp³-hybridized carbons (Fsp3) is 0.182. The molecule has 1 fully saturated rings. The van der Waals surface area contributed by atoms with Crippen LogP contribution >= 0.6 is 39.3 Å². The third kappa shape index (κ3) is 4.15. The Balaban J connectivity index is 1.75. The van der Waals surface area contributed by atoms with Crippen LogP contribution in [0.2, 0.25) is 5.02 Å². The first-order valence-corrected chi connectivity index (χ1v) is 11.2. The van der Waals surface area contributed by atoms with E-state index in [2.05, 4.69) is 26.6 Å². The predicted octanol–water partition coefficient (Wildman–Crippen LogP) is 6.55. The molecular formula is C22H18BrClN2O2S. The Labute approximate surface area is 186 Å². The van der Waals surface area contributed by atoms with E-state index in [1.54, 1.807) is 0 Å². The van der Waals surface area contributed by atoms with Gasteiger partial charge in [-0.25, -0.2) is 0 Å². The Morgan fingerprint density at radius 1 is 1.14 bits per heavy atom. The average molecular weight is 490 g/mol. The molecule has 2 amide bonds. The molecular weight excluding hydrogens is 472 g/mol. The van der Waals surface area contributed by atoms with Gasteiger partial charge in [0.1, 0.15) is 0 Å². The fourth-order valence-corrected chi connectivity index (χ4v) is 4.73. The zero-order valence-electron chi connectivity index (χ0n) is 15.7. The number of aromatic nitrogens is 1. The normalized spacial score (nSPS) is 15.8. The lowest BCUT2D eigenvalue weighted by molar-refractivity contribution is -0.122. The number of rotatable bonds is 5. The SMILES string of the molecule is CCCN1C(=O)S/C(=C\c2cn(Cc3ccc(Cl)cc3)c3ccc(Br)cc23)C1=O. The van der Waals surface area contributed by atoms with Crippen LogP contribution in [0.15, 0.2) is 58.0 Å². The van der Waals surface area contributed by atoms with Crippen molar-refractivity contribution >= 4 is 67.4 Å². The van der Waals surface area contributed by atoms with Gasteiger partial charge >= 0.3 is 0 Å². The highest BCUT2D eigenvalue weighted by molar-refractivity contribution is 9.10. The van der Waals surface area contributed by atoms with Gasteiger partial charge in [-0.15, -0.1) is 0 Å². The standard InChI is InChI=1S/C22H18BrClN2O2S/c1-2-9-26-21(27)20(29-22(26)28)10-15-13-25(12-14-3-6-17(24)7-4-14)19-8-5-16(23)11-18(15)19/h3-8,10-11,13H,2,9,12H2,1H3/b20-10-. The van der Waals surface area contributed by atoms with Crippen molar-refractivity contribution in [2.24, 2.45) is 0 Å². The van der Waals surface area contributed by atoms with Gasteiger partial charge in [0.05, 0.1) is 4.91 Å². The Morgan fingerprint density at radius 3 is 2.62 bits per heavy atom. The summed E-state index contributed by atoms with van der Waals surface area (Å²) in [7, 11) is 0. The van der Waals surface area contributed by atoms with Crippen molar-refractivity contribution in [1.29, 1.82) is 0 Å². The molecule has 0 unspecified atom stereocenters. The highest BCUT2D eigenvalue weighted by Gasteiger charge is 2.34. The Kier molecular flexibility index (Phi) is 5.86. The third-order valence-corrected chi connectivity index (χ3v) is 6.40. The lowest BCUT2D eigenvalue weighted by Gasteiger charge is -2.09. The topological polar surface area (TPSA) is 42.3 Å². The molecule has 0 bridgehead atoms. The van der Waals surface area contributed by atoms with Gasteiger partial charge in [-0.05, 0) is 60.2 Å². The summed E-state index contributed by atoms with van der Waals surface area (Å²) in [5.41, 5.74) is 3.10. The first-order valence-electron chi connectivity index (χ1n) is 9.24. The summed E-state index contributed by atoms with van der Waals surface area (Å²) in [5, 5.41) is 1.53. The maximum absolute atomic E-state index is 12.6. The summed E-state index contributed by atoms with van der Waals surface area (Å²) in [6.45, 7) is 3.08. The highest BCUT2D eigenvalue weighted by atomic mass is 79.9. The van der Waals surface area contributed by atoms with Crippen LogP contribution in [0.25, 0.3) is 17.0 Å². The molecule has 0 aliphatic carbocycles. The molecule has 148 valence electrons. The van der Waals surface area contributed by atoms with Gasteiger partial charge in [0.25, 0.3) is 11.1 Å². The van der Waals surface area contributed by atoms with Crippen molar-refractivity contribution in [2.75, 3.05) is 6.54 Å². The molecule has 1 aliphatic heterocycles. The molecule has 0 saturated carbocycles. The van der Waals surface area contributed by atoms with Crippen molar-refractivity contribution in [3.05, 3.63) is 74.2 Å². The van der Waals surface area contributed by atoms with Gasteiger partial charge in [-0.1, -0.05) is 46.6 Å². The van der Waals surface area contributed by atoms with Crippen molar-refractivity contribution in [3.8, 4) is 0 Å². The van der Waals surface area contributed by atoms with E-state index >= 15 is 0 Å². The average Bonchev–Trinajstić information content (AvgIpc) is 3.16. The van der Waals surface area contributed by atoms with E-state index in [1.165, 1.54) is 4.90 Å². The molecule has 4 rings (SSSR count). The second-order valence-electron chi connectivity index (χ2n) is 6.83. The van der Waals surface area contributed by atoms with E-state index in [1.807, 2.05) is 55.6 Å². The summed E-state index contributed by atoms with van der Waals surface area (Å²) in [6, 6.07) is 13.9. The summed E-state index contributed by atoms with van der Waals surface area (Å²) in [4.78, 5) is 26.6. The maximum Gasteiger partial charge on any atom is 0.293 e. The molecule has 0 atom stereocenters. The molecule has 7 heteroatoms. The van der Waals surface area contributed by atoms with E-state index in [0.717, 1.165) is 44.7 Å². The van der Waals surface area contributed by atoms with Crippen LogP contribution in [-0.2, 0) is 11.3 Å². The first kappa shape index (κ1) is 20.3. The quantitative estimate of drug-likeness (QED) is 0.382. The molecule has 2 heterocycles. The number of carbonyl (C=O) groups is 2. The van der Waals surface area contributed by atoms with Gasteiger partial charge in [-0.2, -0.15) is 0 Å². The molecule has 0 spiro atoms. The molecule has 0 radical (unpaired) electrons. The second kappa shape index (κ2) is 8.38. The molecule has 3 aromatic rings. The van der Waals surface area contributed by atoms with Crippen LogP contribution in [-0.4, -0.2) is 27.2 Å². The minimum atomic E-state index is -0.213. The summed E-state index contributed by atoms with van der Waals surface area (Å²) >= 11 is 10.5. The number of nitrogens with zero attached hydrogens (tertiary/aromatic N) is 2. The highest BCUT2D eigenvalue weighted by Crippen LogP contribution is 2.35. The molecule has 4 nitrogen and oxygen atoms in total. The largest absolute Gasteiger partial charge is 0.342 e. The summed E-state index contributed by atoms with van der Waals surface area (Å²) in [5.74, 6) is -0.213. The van der Waals surface area contributed by atoms with Crippen LogP contribution in [0.5, 0.6) is 0 Å². The lowest BCUT2D eigenvalue weighted by Crippen LogP contribution is -2.28. The third-order valence-electron chi connectivity index (χ3n) is 4.75. The van der Waals surface area contributed by atoms with Crippen molar-refractivity contribution in [2.45, 2.75) is 19.9 Å². The number of fused-ring (bicyclic) bond motifs is 1. The van der Waals surface area contributed by atoms with E-state index in [4.69, 9.17) is 11.6 Å². The number of thioether (sulfide) groups is 1. The van der Waals surface area contributed by atoms with Gasteiger partial charge in [0.2, 0.25) is 0 Å². The minimum Gasteiger partial charge on any atom is -0.342 e. The Morgan fingerprint density at radius 2 is 1.90 bits per heavy atom. The molecule has 0 N–H and O–H groups in total. The van der Waals surface area contributed by atoms with Crippen LogP contribution in [0.1, 0.15) is 24.5 Å². The van der Waals surface area contributed by atoms with E-state index in [0.29, 0.717) is 23.0 Å². The monoisotopic (exact) mass is 488 g/mol. The summed E-state index contributed by atoms with van der Waals surface area (Å²) in [6.07, 6.45) is 4.60. The van der Waals surface area contributed by atoms with Gasteiger partial charge in [-0.3, -0.25) is 14.5 Å². The number of halogens is 2. The minimum absolute atomic E-state index is 0.200. The number of hydrogen-bond acceptors (Lipinski definition) is 3. The van der Waals surface area contributed by atoms with Crippen LogP contribution in [0.4, 0.5) is 4.79 Å². The van der Waals surface area contributed by atoms with Gasteiger partial charge in [0.15, 0.2) is 0 Å². The Hall–Kier alpha value is -2.02. The van der Waals surface area contributed by atoms with Crippen molar-refractivity contribution in [3.63, 3.8) is 0 Å². The van der Waals surface area contributed by atoms with Crippen LogP contribution in [0.3, 0.4) is 0 Å². The molecule has 1 saturated heterocycles. The van der Waals surface area contributed by atoms with E-state index < -0.39 is 0 Å². The molecule has 2 aromatic carbocycles. The fourth-order valence-electron chi connectivity index (χ4n) is 3.39. The molecule has 29 heavy (non-hydrogen) atoms. The number of imide groups is 1. The smallest absolute Gasteiger partial charge is 0.293 e. The number of benzene rings is 2.